The van der Waals surface area contributed by atoms with Crippen LogP contribution in [0.15, 0.2) is 73.7 Å². The van der Waals surface area contributed by atoms with Gasteiger partial charge in [0.05, 0.1) is 23.1 Å². The first-order valence-electron chi connectivity index (χ1n) is 10.8. The molecule has 4 rings (SSSR count). The zero-order valence-electron chi connectivity index (χ0n) is 19.7. The number of nitrogens with one attached hydrogen (secondary N) is 2. The molecular weight excluding hydrogens is 490 g/mol. The minimum atomic E-state index is -4.49. The Labute approximate surface area is 209 Å². The highest BCUT2D eigenvalue weighted by Gasteiger charge is 2.30. The number of hydrogen-bond acceptors (Lipinski definition) is 6. The second-order valence-electron chi connectivity index (χ2n) is 7.95. The molecule has 0 aliphatic carbocycles. The Morgan fingerprint density at radius 1 is 1.11 bits per heavy atom. The number of aryl methyl sites for hydroxylation is 1. The van der Waals surface area contributed by atoms with E-state index in [0.717, 1.165) is 18.2 Å². The zero-order chi connectivity index (χ0) is 26.7. The van der Waals surface area contributed by atoms with E-state index < -0.39 is 23.5 Å². The SMILES string of the molecule is C=CC(=O)Nc1ccc(F)c(N(C)c2nc(Nc3cnn(C)c3)ncc2-c2ccc(C(F)(F)F)cc2)c1. The summed E-state index contributed by atoms with van der Waals surface area (Å²) in [5.74, 6) is -0.734. The Kier molecular flexibility index (Phi) is 6.92. The van der Waals surface area contributed by atoms with Gasteiger partial charge in [-0.3, -0.25) is 9.48 Å². The van der Waals surface area contributed by atoms with Gasteiger partial charge >= 0.3 is 6.18 Å². The molecule has 0 aliphatic rings. The third-order valence-electron chi connectivity index (χ3n) is 5.33. The Morgan fingerprint density at radius 3 is 2.46 bits per heavy atom. The van der Waals surface area contributed by atoms with Crippen molar-refractivity contribution in [2.45, 2.75) is 6.18 Å². The maximum Gasteiger partial charge on any atom is 0.416 e. The molecule has 0 fully saturated rings. The molecule has 2 aromatic carbocycles. The topological polar surface area (TPSA) is 88.0 Å². The van der Waals surface area contributed by atoms with E-state index in [1.165, 1.54) is 41.4 Å². The minimum Gasteiger partial charge on any atom is -0.326 e. The molecule has 0 saturated carbocycles. The van der Waals surface area contributed by atoms with Gasteiger partial charge in [0.25, 0.3) is 0 Å². The predicted octanol–water partition coefficient (Wildman–Crippen LogP) is 5.67. The first kappa shape index (κ1) is 25.4. The van der Waals surface area contributed by atoms with Crippen molar-refractivity contribution in [1.29, 1.82) is 0 Å². The van der Waals surface area contributed by atoms with Crippen LogP contribution in [0.25, 0.3) is 11.1 Å². The van der Waals surface area contributed by atoms with Gasteiger partial charge in [0, 0.05) is 37.7 Å². The summed E-state index contributed by atoms with van der Waals surface area (Å²) in [6.07, 6.45) is 1.27. The van der Waals surface area contributed by atoms with Crippen LogP contribution in [0, 0.1) is 5.82 Å². The Morgan fingerprint density at radius 2 is 1.84 bits per heavy atom. The monoisotopic (exact) mass is 511 g/mol. The number of aromatic nitrogens is 4. The van der Waals surface area contributed by atoms with E-state index in [9.17, 15) is 22.4 Å². The van der Waals surface area contributed by atoms with Crippen LogP contribution in [0.3, 0.4) is 0 Å². The Balaban J connectivity index is 1.79. The third kappa shape index (κ3) is 5.74. The van der Waals surface area contributed by atoms with E-state index in [0.29, 0.717) is 22.5 Å². The summed E-state index contributed by atoms with van der Waals surface area (Å²) in [7, 11) is 3.28. The Bertz CT molecular complexity index is 1450. The van der Waals surface area contributed by atoms with Crippen molar-refractivity contribution < 1.29 is 22.4 Å². The maximum absolute atomic E-state index is 14.9. The summed E-state index contributed by atoms with van der Waals surface area (Å²) in [6, 6.07) is 8.47. The number of rotatable bonds is 7. The van der Waals surface area contributed by atoms with Crippen LogP contribution in [0.2, 0.25) is 0 Å². The average molecular weight is 511 g/mol. The first-order chi connectivity index (χ1) is 17.5. The molecule has 0 radical (unpaired) electrons. The predicted molar refractivity (Wildman–Crippen MR) is 132 cm³/mol. The summed E-state index contributed by atoms with van der Waals surface area (Å²) >= 11 is 0. The van der Waals surface area contributed by atoms with Gasteiger partial charge in [0.1, 0.15) is 11.6 Å². The molecule has 8 nitrogen and oxygen atoms in total. The van der Waals surface area contributed by atoms with Crippen molar-refractivity contribution in [1.82, 2.24) is 19.7 Å². The van der Waals surface area contributed by atoms with Crippen molar-refractivity contribution in [2.24, 2.45) is 7.05 Å². The van der Waals surface area contributed by atoms with Gasteiger partial charge < -0.3 is 15.5 Å². The lowest BCUT2D eigenvalue weighted by Gasteiger charge is -2.23. The molecular formula is C25H21F4N7O. The van der Waals surface area contributed by atoms with Gasteiger partial charge in [-0.2, -0.15) is 23.3 Å². The smallest absolute Gasteiger partial charge is 0.326 e. The van der Waals surface area contributed by atoms with Crippen molar-refractivity contribution in [3.05, 3.63) is 85.1 Å². The second kappa shape index (κ2) is 10.1. The molecule has 1 amide bonds. The molecule has 0 unspecified atom stereocenters. The fourth-order valence-corrected chi connectivity index (χ4v) is 3.50. The van der Waals surface area contributed by atoms with Crippen LogP contribution in [0.4, 0.5) is 46.4 Å². The summed E-state index contributed by atoms with van der Waals surface area (Å²) in [5.41, 5.74) is 0.901. The molecule has 4 aromatic rings. The van der Waals surface area contributed by atoms with Crippen LogP contribution in [-0.2, 0) is 18.0 Å². The van der Waals surface area contributed by atoms with Gasteiger partial charge in [-0.05, 0) is 42.0 Å². The normalized spacial score (nSPS) is 11.2. The minimum absolute atomic E-state index is 0.0565. The van der Waals surface area contributed by atoms with Crippen molar-refractivity contribution in [3.63, 3.8) is 0 Å². The highest BCUT2D eigenvalue weighted by Crippen LogP contribution is 2.37. The zero-order valence-corrected chi connectivity index (χ0v) is 19.7. The van der Waals surface area contributed by atoms with E-state index in [1.54, 1.807) is 31.2 Å². The number of hydrogen-bond donors (Lipinski definition) is 2. The molecule has 2 N–H and O–H groups in total. The fourth-order valence-electron chi connectivity index (χ4n) is 3.50. The van der Waals surface area contributed by atoms with E-state index >= 15 is 0 Å². The number of anilines is 5. The molecule has 2 aromatic heterocycles. The third-order valence-corrected chi connectivity index (χ3v) is 5.33. The maximum atomic E-state index is 14.9. The van der Waals surface area contributed by atoms with E-state index in [1.807, 2.05) is 0 Å². The lowest BCUT2D eigenvalue weighted by Crippen LogP contribution is -2.16. The van der Waals surface area contributed by atoms with Crippen molar-refractivity contribution in [3.8, 4) is 11.1 Å². The molecule has 2 heterocycles. The quantitative estimate of drug-likeness (QED) is 0.246. The van der Waals surface area contributed by atoms with Gasteiger partial charge in [-0.1, -0.05) is 18.7 Å². The van der Waals surface area contributed by atoms with E-state index in [-0.39, 0.29) is 17.5 Å². The highest BCUT2D eigenvalue weighted by atomic mass is 19.4. The number of nitrogens with zero attached hydrogens (tertiary/aromatic N) is 5. The number of halogens is 4. The molecule has 0 bridgehead atoms. The largest absolute Gasteiger partial charge is 0.416 e. The second-order valence-corrected chi connectivity index (χ2v) is 7.95. The number of amides is 1. The van der Waals surface area contributed by atoms with Gasteiger partial charge in [-0.15, -0.1) is 0 Å². The average Bonchev–Trinajstić information content (AvgIpc) is 3.28. The number of carbonyl (C=O) groups excluding carboxylic acids is 1. The number of alkyl halides is 3. The summed E-state index contributed by atoms with van der Waals surface area (Å²) in [6.45, 7) is 3.39. The molecule has 0 aliphatic heterocycles. The molecule has 12 heteroatoms. The molecule has 37 heavy (non-hydrogen) atoms. The van der Waals surface area contributed by atoms with Crippen LogP contribution in [0.1, 0.15) is 5.56 Å². The standard InChI is InChI=1S/C25H21F4N7O/c1-4-22(37)32-17-9-10-20(26)21(11-17)36(3)23-19(15-5-7-16(8-6-15)25(27,28)29)13-30-24(34-23)33-18-12-31-35(2)14-18/h4-14H,1H2,2-3H3,(H,32,37)(H,30,33,34). The molecule has 0 atom stereocenters. The number of benzene rings is 2. The van der Waals surface area contributed by atoms with Gasteiger partial charge in [0.2, 0.25) is 11.9 Å². The Hall–Kier alpha value is -4.74. The lowest BCUT2D eigenvalue weighted by atomic mass is 10.0. The fraction of sp³-hybridized carbons (Fsp3) is 0.120. The lowest BCUT2D eigenvalue weighted by molar-refractivity contribution is -0.137. The van der Waals surface area contributed by atoms with Crippen molar-refractivity contribution >= 4 is 34.7 Å². The summed E-state index contributed by atoms with van der Waals surface area (Å²) in [5, 5.41) is 9.63. The summed E-state index contributed by atoms with van der Waals surface area (Å²) < 4.78 is 55.8. The van der Waals surface area contributed by atoms with Crippen LogP contribution in [0.5, 0.6) is 0 Å². The van der Waals surface area contributed by atoms with E-state index in [2.05, 4.69) is 32.3 Å². The van der Waals surface area contributed by atoms with Crippen LogP contribution >= 0.6 is 0 Å². The highest BCUT2D eigenvalue weighted by molar-refractivity contribution is 5.99. The molecule has 0 saturated heterocycles. The number of carbonyl (C=O) groups is 1. The van der Waals surface area contributed by atoms with Crippen molar-refractivity contribution in [2.75, 3.05) is 22.6 Å². The van der Waals surface area contributed by atoms with Gasteiger partial charge in [0.15, 0.2) is 0 Å². The first-order valence-corrected chi connectivity index (χ1v) is 10.8. The van der Waals surface area contributed by atoms with E-state index in [4.69, 9.17) is 0 Å². The summed E-state index contributed by atoms with van der Waals surface area (Å²) in [4.78, 5) is 22.0. The van der Waals surface area contributed by atoms with Crippen LogP contribution < -0.4 is 15.5 Å². The molecule has 190 valence electrons. The van der Waals surface area contributed by atoms with Crippen LogP contribution in [-0.4, -0.2) is 32.7 Å². The van der Waals surface area contributed by atoms with Gasteiger partial charge in [-0.25, -0.2) is 9.37 Å². The molecule has 0 spiro atoms.